The minimum atomic E-state index is -0.0764. The summed E-state index contributed by atoms with van der Waals surface area (Å²) in [5, 5.41) is 34.7. The Hall–Kier alpha value is -1.54. The van der Waals surface area contributed by atoms with E-state index in [1.807, 2.05) is 0 Å². The molecule has 0 saturated carbocycles. The first-order chi connectivity index (χ1) is 12.7. The Morgan fingerprint density at radius 1 is 0.536 bits per heavy atom. The number of benzene rings is 3. The maximum Gasteiger partial charge on any atom is 1.00 e. The molecule has 6 heteroatoms. The van der Waals surface area contributed by atoms with Crippen molar-refractivity contribution < 1.29 is 76.3 Å². The van der Waals surface area contributed by atoms with Crippen LogP contribution >= 0.6 is 0 Å². The Labute approximate surface area is 209 Å². The Morgan fingerprint density at radius 3 is 1.07 bits per heavy atom. The predicted octanol–water partition coefficient (Wildman–Crippen LogP) is 1.09. The molecule has 5 nitrogen and oxygen atoms in total. The van der Waals surface area contributed by atoms with Crippen LogP contribution in [-0.2, 0) is 6.54 Å². The van der Waals surface area contributed by atoms with E-state index in [-0.39, 0.29) is 74.4 Å². The minimum Gasteiger partial charge on any atom is -0.504 e. The molecular formula is C22H28KNO4+2. The van der Waals surface area contributed by atoms with Crippen LogP contribution in [0.3, 0.4) is 0 Å². The van der Waals surface area contributed by atoms with E-state index in [0.29, 0.717) is 0 Å². The van der Waals surface area contributed by atoms with Crippen molar-refractivity contribution in [3.05, 3.63) is 84.4 Å². The number of phenolic OH excluding ortho intramolecular Hbond substituents is 4. The summed E-state index contributed by atoms with van der Waals surface area (Å²) in [4.78, 5) is 0. The zero-order valence-corrected chi connectivity index (χ0v) is 20.1. The fraction of sp³-hybridized carbons (Fsp3) is 0.182. The van der Waals surface area contributed by atoms with Crippen molar-refractivity contribution in [3.63, 3.8) is 0 Å². The van der Waals surface area contributed by atoms with Gasteiger partial charge in [0.25, 0.3) is 0 Å². The van der Waals surface area contributed by atoms with Gasteiger partial charge in [-0.15, -0.1) is 0 Å². The van der Waals surface area contributed by atoms with E-state index < -0.39 is 0 Å². The van der Waals surface area contributed by atoms with Crippen LogP contribution in [0.1, 0.15) is 5.56 Å². The quantitative estimate of drug-likeness (QED) is 0.290. The molecule has 0 saturated heterocycles. The van der Waals surface area contributed by atoms with Crippen LogP contribution in [0.4, 0.5) is 0 Å². The molecule has 3 rings (SSSR count). The van der Waals surface area contributed by atoms with Crippen molar-refractivity contribution >= 4 is 0 Å². The van der Waals surface area contributed by atoms with E-state index in [0.717, 1.165) is 11.0 Å². The summed E-state index contributed by atoms with van der Waals surface area (Å²) in [5.41, 5.74) is 1.40. The third-order valence-electron chi connectivity index (χ3n) is 3.26. The maximum absolute atomic E-state index is 8.67. The van der Waals surface area contributed by atoms with E-state index in [1.165, 1.54) is 29.8 Å². The molecule has 0 unspecified atom stereocenters. The van der Waals surface area contributed by atoms with Crippen LogP contribution in [0, 0.1) is 0 Å². The normalized spacial score (nSPS) is 9.68. The van der Waals surface area contributed by atoms with Gasteiger partial charge < -0.3 is 24.9 Å². The smallest absolute Gasteiger partial charge is 0.504 e. The fourth-order valence-corrected chi connectivity index (χ4v) is 2.06. The van der Waals surface area contributed by atoms with Gasteiger partial charge in [0.15, 0.2) is 23.0 Å². The van der Waals surface area contributed by atoms with Gasteiger partial charge in [-0.25, -0.2) is 0 Å². The second-order valence-corrected chi connectivity index (χ2v) is 6.91. The molecule has 0 spiro atoms. The number of nitrogens with zero attached hydrogens (tertiary/aromatic N) is 1. The molecule has 0 aliphatic rings. The van der Waals surface area contributed by atoms with Crippen molar-refractivity contribution in [2.24, 2.45) is 0 Å². The monoisotopic (exact) mass is 409 g/mol. The van der Waals surface area contributed by atoms with Gasteiger partial charge in [0, 0.05) is 5.56 Å². The van der Waals surface area contributed by atoms with Gasteiger partial charge in [0.1, 0.15) is 6.54 Å². The van der Waals surface area contributed by atoms with Gasteiger partial charge in [-0.2, -0.15) is 0 Å². The second-order valence-electron chi connectivity index (χ2n) is 6.91. The molecule has 0 fully saturated rings. The van der Waals surface area contributed by atoms with Gasteiger partial charge in [-0.3, -0.25) is 0 Å². The topological polar surface area (TPSA) is 80.9 Å². The zero-order valence-electron chi connectivity index (χ0n) is 16.9. The van der Waals surface area contributed by atoms with Gasteiger partial charge >= 0.3 is 51.4 Å². The summed E-state index contributed by atoms with van der Waals surface area (Å²) in [6.07, 6.45) is 0. The molecule has 0 atom stereocenters. The number of phenols is 4. The van der Waals surface area contributed by atoms with Crippen LogP contribution in [-0.4, -0.2) is 46.1 Å². The molecule has 0 amide bonds. The molecule has 28 heavy (non-hydrogen) atoms. The first-order valence-electron chi connectivity index (χ1n) is 8.47. The van der Waals surface area contributed by atoms with E-state index in [9.17, 15) is 0 Å². The Balaban J connectivity index is 0.000000391. The zero-order chi connectivity index (χ0) is 20.3. The molecule has 3 aromatic carbocycles. The maximum atomic E-state index is 8.67. The van der Waals surface area contributed by atoms with Gasteiger partial charge in [-0.1, -0.05) is 54.6 Å². The number of hydrogen-bond acceptors (Lipinski definition) is 4. The first kappa shape index (κ1) is 26.5. The fourth-order valence-electron chi connectivity index (χ4n) is 2.06. The van der Waals surface area contributed by atoms with Crippen molar-refractivity contribution in [2.75, 3.05) is 21.1 Å². The molecule has 0 radical (unpaired) electrons. The molecule has 0 bridgehead atoms. The molecule has 3 aromatic rings. The van der Waals surface area contributed by atoms with Crippen molar-refractivity contribution in [3.8, 4) is 23.0 Å². The van der Waals surface area contributed by atoms with Crippen LogP contribution in [0.15, 0.2) is 78.9 Å². The van der Waals surface area contributed by atoms with Crippen LogP contribution < -0.4 is 51.4 Å². The van der Waals surface area contributed by atoms with Crippen molar-refractivity contribution in [1.82, 2.24) is 0 Å². The second kappa shape index (κ2) is 13.6. The van der Waals surface area contributed by atoms with Gasteiger partial charge in [0.2, 0.25) is 0 Å². The Morgan fingerprint density at radius 2 is 0.821 bits per heavy atom. The summed E-state index contributed by atoms with van der Waals surface area (Å²) in [5.74, 6) is -0.306. The number of para-hydroxylation sites is 4. The number of rotatable bonds is 2. The average molecular weight is 410 g/mol. The summed E-state index contributed by atoms with van der Waals surface area (Å²) in [7, 11) is 6.60. The molecule has 0 aliphatic heterocycles. The molecule has 144 valence electrons. The Kier molecular flexibility index (Phi) is 12.9. The van der Waals surface area contributed by atoms with E-state index in [1.54, 1.807) is 24.3 Å². The van der Waals surface area contributed by atoms with Crippen LogP contribution in [0.5, 0.6) is 23.0 Å². The molecule has 0 heterocycles. The first-order valence-corrected chi connectivity index (χ1v) is 8.47. The number of hydrogen-bond donors (Lipinski definition) is 4. The summed E-state index contributed by atoms with van der Waals surface area (Å²) < 4.78 is 0.990. The largest absolute Gasteiger partial charge is 1.00 e. The third kappa shape index (κ3) is 12.0. The summed E-state index contributed by atoms with van der Waals surface area (Å²) >= 11 is 0. The molecule has 0 aromatic heterocycles. The van der Waals surface area contributed by atoms with Gasteiger partial charge in [0.05, 0.1) is 21.1 Å². The summed E-state index contributed by atoms with van der Waals surface area (Å²) in [6, 6.07) is 22.9. The SMILES string of the molecule is C[N+](C)(C)Cc1ccccc1.Oc1ccccc1O.Oc1ccccc1O.[K+]. The third-order valence-corrected chi connectivity index (χ3v) is 3.26. The van der Waals surface area contributed by atoms with Crippen molar-refractivity contribution in [1.29, 1.82) is 0 Å². The molecular weight excluding hydrogens is 381 g/mol. The van der Waals surface area contributed by atoms with Crippen molar-refractivity contribution in [2.45, 2.75) is 6.54 Å². The standard InChI is InChI=1S/C10H16N.2C6H6O2.K/c1-11(2,3)9-10-7-5-4-6-8-10;2*7-5-3-1-2-4-6(5)8;/h4-8H,9H2,1-3H3;2*1-4,7-8H;/q+1;;;+1. The van der Waals surface area contributed by atoms with Crippen LogP contribution in [0.2, 0.25) is 0 Å². The summed E-state index contributed by atoms with van der Waals surface area (Å²) in [6.45, 7) is 1.10. The molecule has 4 N–H and O–H groups in total. The van der Waals surface area contributed by atoms with Gasteiger partial charge in [-0.05, 0) is 24.3 Å². The minimum absolute atomic E-state index is 0. The van der Waals surface area contributed by atoms with E-state index in [2.05, 4.69) is 51.5 Å². The predicted molar refractivity (Wildman–Crippen MR) is 108 cm³/mol. The average Bonchev–Trinajstić information content (AvgIpc) is 2.61. The van der Waals surface area contributed by atoms with E-state index in [4.69, 9.17) is 20.4 Å². The molecule has 0 aliphatic carbocycles. The number of aromatic hydroxyl groups is 4. The Bertz CT molecular complexity index is 719. The van der Waals surface area contributed by atoms with E-state index >= 15 is 0 Å². The van der Waals surface area contributed by atoms with Crippen LogP contribution in [0.25, 0.3) is 0 Å². The number of quaternary nitrogens is 1.